The first-order valence-electron chi connectivity index (χ1n) is 4.01. The highest BCUT2D eigenvalue weighted by atomic mass is 16.5. The van der Waals surface area contributed by atoms with Crippen LogP contribution in [0.4, 0.5) is 0 Å². The van der Waals surface area contributed by atoms with Gasteiger partial charge in [-0.1, -0.05) is 0 Å². The summed E-state index contributed by atoms with van der Waals surface area (Å²) in [6, 6.07) is 3.10. The number of aromatic nitrogens is 1. The van der Waals surface area contributed by atoms with Gasteiger partial charge in [0.15, 0.2) is 12.9 Å². The third-order valence-corrected chi connectivity index (χ3v) is 1.53. The van der Waals surface area contributed by atoms with Gasteiger partial charge in [0.1, 0.15) is 0 Å². The number of nitrogens with one attached hydrogen (secondary N) is 1. The smallest absolute Gasteiger partial charge is 0.257 e. The quantitative estimate of drug-likeness (QED) is 0.686. The Morgan fingerprint density at radius 3 is 2.93 bits per heavy atom. The molecule has 0 saturated heterocycles. The van der Waals surface area contributed by atoms with E-state index in [2.05, 4.69) is 10.3 Å². The molecule has 1 heterocycles. The lowest BCUT2D eigenvalue weighted by Gasteiger charge is -2.03. The molecule has 0 saturated carbocycles. The molecule has 0 aliphatic rings. The van der Waals surface area contributed by atoms with Crippen LogP contribution in [-0.4, -0.2) is 30.8 Å². The topological polar surface area (TPSA) is 68.3 Å². The average Bonchev–Trinajstić information content (AvgIpc) is 2.26. The largest absolute Gasteiger partial charge is 0.468 e. The maximum Gasteiger partial charge on any atom is 0.257 e. The van der Waals surface area contributed by atoms with Gasteiger partial charge in [0.05, 0.1) is 0 Å². The van der Waals surface area contributed by atoms with E-state index in [0.717, 1.165) is 0 Å². The van der Waals surface area contributed by atoms with Gasteiger partial charge in [0.2, 0.25) is 5.88 Å². The van der Waals surface area contributed by atoms with E-state index in [9.17, 15) is 9.59 Å². The molecule has 0 atom stereocenters. The monoisotopic (exact) mass is 194 g/mol. The van der Waals surface area contributed by atoms with Gasteiger partial charge < -0.3 is 10.1 Å². The molecule has 14 heavy (non-hydrogen) atoms. The number of rotatable bonds is 4. The van der Waals surface area contributed by atoms with Crippen molar-refractivity contribution in [1.82, 2.24) is 10.3 Å². The summed E-state index contributed by atoms with van der Waals surface area (Å²) >= 11 is 0. The number of carbonyl (C=O) groups is 2. The van der Waals surface area contributed by atoms with E-state index in [-0.39, 0.29) is 12.5 Å². The average molecular weight is 194 g/mol. The Kier molecular flexibility index (Phi) is 3.60. The lowest BCUT2D eigenvalue weighted by molar-refractivity contribution is -0.122. The van der Waals surface area contributed by atoms with Crippen molar-refractivity contribution in [3.63, 3.8) is 0 Å². The fraction of sp³-hybridized carbons (Fsp3) is 0.222. The first kappa shape index (κ1) is 10.2. The van der Waals surface area contributed by atoms with Crippen molar-refractivity contribution in [3.8, 4) is 5.88 Å². The first-order chi connectivity index (χ1) is 6.76. The maximum absolute atomic E-state index is 10.8. The van der Waals surface area contributed by atoms with E-state index in [4.69, 9.17) is 4.74 Å². The molecule has 0 bridgehead atoms. The zero-order chi connectivity index (χ0) is 10.4. The molecule has 0 fully saturated rings. The molecule has 0 aliphatic heterocycles. The van der Waals surface area contributed by atoms with Crippen LogP contribution in [0, 0.1) is 0 Å². The van der Waals surface area contributed by atoms with Gasteiger partial charge in [-0.3, -0.25) is 9.59 Å². The summed E-state index contributed by atoms with van der Waals surface area (Å²) in [6.45, 7) is -0.0794. The van der Waals surface area contributed by atoms with E-state index in [1.54, 1.807) is 6.07 Å². The van der Waals surface area contributed by atoms with Gasteiger partial charge in [0, 0.05) is 24.9 Å². The van der Waals surface area contributed by atoms with E-state index < -0.39 is 0 Å². The normalized spacial score (nSPS) is 9.21. The van der Waals surface area contributed by atoms with E-state index in [0.29, 0.717) is 17.7 Å². The van der Waals surface area contributed by atoms with Crippen LogP contribution in [0.2, 0.25) is 0 Å². The standard InChI is InChI=1S/C9H10N2O3/c1-10-8(13)6-14-9-3-2-7(5-12)4-11-9/h2-5H,6H2,1H3,(H,10,13). The van der Waals surface area contributed by atoms with Crippen LogP contribution < -0.4 is 10.1 Å². The van der Waals surface area contributed by atoms with E-state index in [1.165, 1.54) is 19.3 Å². The number of pyridine rings is 1. The molecule has 0 radical (unpaired) electrons. The minimum absolute atomic E-state index is 0.0794. The SMILES string of the molecule is CNC(=O)COc1ccc(C=O)cn1. The lowest BCUT2D eigenvalue weighted by Crippen LogP contribution is -2.25. The second kappa shape index (κ2) is 4.96. The van der Waals surface area contributed by atoms with E-state index >= 15 is 0 Å². The Morgan fingerprint density at radius 1 is 1.64 bits per heavy atom. The third-order valence-electron chi connectivity index (χ3n) is 1.53. The Bertz CT molecular complexity index is 321. The van der Waals surface area contributed by atoms with Gasteiger partial charge >= 0.3 is 0 Å². The Morgan fingerprint density at radius 2 is 2.43 bits per heavy atom. The molecule has 0 unspecified atom stereocenters. The summed E-state index contributed by atoms with van der Waals surface area (Å²) in [4.78, 5) is 24.9. The number of ether oxygens (including phenoxy) is 1. The predicted molar refractivity (Wildman–Crippen MR) is 49.2 cm³/mol. The molecule has 1 aromatic heterocycles. The highest BCUT2D eigenvalue weighted by Gasteiger charge is 2.00. The van der Waals surface area contributed by atoms with Crippen LogP contribution in [0.15, 0.2) is 18.3 Å². The Labute approximate surface area is 81.1 Å². The number of nitrogens with zero attached hydrogens (tertiary/aromatic N) is 1. The highest BCUT2D eigenvalue weighted by Crippen LogP contribution is 2.05. The van der Waals surface area contributed by atoms with Crippen LogP contribution in [-0.2, 0) is 4.79 Å². The summed E-state index contributed by atoms with van der Waals surface area (Å²) in [5, 5.41) is 2.41. The minimum atomic E-state index is -0.230. The molecule has 5 heteroatoms. The van der Waals surface area contributed by atoms with Crippen molar-refractivity contribution in [1.29, 1.82) is 0 Å². The number of hydrogen-bond acceptors (Lipinski definition) is 4. The number of amides is 1. The predicted octanol–water partition coefficient (Wildman–Crippen LogP) is 0.0189. The third kappa shape index (κ3) is 2.85. The van der Waals surface area contributed by atoms with Gasteiger partial charge in [-0.15, -0.1) is 0 Å². The lowest BCUT2D eigenvalue weighted by atomic mass is 10.3. The van der Waals surface area contributed by atoms with Crippen molar-refractivity contribution in [2.45, 2.75) is 0 Å². The second-order valence-corrected chi connectivity index (χ2v) is 2.51. The Hall–Kier alpha value is -1.91. The first-order valence-corrected chi connectivity index (χ1v) is 4.01. The van der Waals surface area contributed by atoms with Crippen molar-refractivity contribution >= 4 is 12.2 Å². The fourth-order valence-corrected chi connectivity index (χ4v) is 0.758. The van der Waals surface area contributed by atoms with Gasteiger partial charge in [0.25, 0.3) is 5.91 Å². The fourth-order valence-electron chi connectivity index (χ4n) is 0.758. The molecule has 74 valence electrons. The summed E-state index contributed by atoms with van der Waals surface area (Å²) < 4.78 is 5.02. The summed E-state index contributed by atoms with van der Waals surface area (Å²) in [5.74, 6) is 0.0884. The van der Waals surface area contributed by atoms with E-state index in [1.807, 2.05) is 0 Å². The summed E-state index contributed by atoms with van der Waals surface area (Å²) in [6.07, 6.45) is 2.07. The number of carbonyl (C=O) groups excluding carboxylic acids is 2. The molecular formula is C9H10N2O3. The van der Waals surface area contributed by atoms with Crippen LogP contribution in [0.3, 0.4) is 0 Å². The molecular weight excluding hydrogens is 184 g/mol. The maximum atomic E-state index is 10.8. The molecule has 1 amide bonds. The van der Waals surface area contributed by atoms with Crippen LogP contribution in [0.5, 0.6) is 5.88 Å². The minimum Gasteiger partial charge on any atom is -0.468 e. The van der Waals surface area contributed by atoms with Crippen LogP contribution in [0.25, 0.3) is 0 Å². The molecule has 0 spiro atoms. The zero-order valence-electron chi connectivity index (χ0n) is 7.69. The summed E-state index contributed by atoms with van der Waals surface area (Å²) in [5.41, 5.74) is 0.470. The van der Waals surface area contributed by atoms with Crippen molar-refractivity contribution in [2.75, 3.05) is 13.7 Å². The number of likely N-dealkylation sites (N-methyl/N-ethyl adjacent to an activating group) is 1. The molecule has 0 aliphatic carbocycles. The number of hydrogen-bond donors (Lipinski definition) is 1. The highest BCUT2D eigenvalue weighted by molar-refractivity contribution is 5.77. The van der Waals surface area contributed by atoms with Gasteiger partial charge in [-0.25, -0.2) is 4.98 Å². The van der Waals surface area contributed by atoms with Crippen LogP contribution >= 0.6 is 0 Å². The van der Waals surface area contributed by atoms with Crippen molar-refractivity contribution < 1.29 is 14.3 Å². The molecule has 5 nitrogen and oxygen atoms in total. The molecule has 1 N–H and O–H groups in total. The molecule has 1 aromatic rings. The van der Waals surface area contributed by atoms with Crippen molar-refractivity contribution in [3.05, 3.63) is 23.9 Å². The second-order valence-electron chi connectivity index (χ2n) is 2.51. The zero-order valence-corrected chi connectivity index (χ0v) is 7.69. The van der Waals surface area contributed by atoms with Gasteiger partial charge in [-0.2, -0.15) is 0 Å². The molecule has 1 rings (SSSR count). The van der Waals surface area contributed by atoms with Crippen molar-refractivity contribution in [2.24, 2.45) is 0 Å². The Balaban J connectivity index is 2.51. The van der Waals surface area contributed by atoms with Gasteiger partial charge in [-0.05, 0) is 6.07 Å². The molecule has 0 aromatic carbocycles. The van der Waals surface area contributed by atoms with Crippen LogP contribution in [0.1, 0.15) is 10.4 Å². The number of aldehydes is 1. The summed E-state index contributed by atoms with van der Waals surface area (Å²) in [7, 11) is 1.52.